The summed E-state index contributed by atoms with van der Waals surface area (Å²) in [5, 5.41) is 9.82. The third-order valence-corrected chi connectivity index (χ3v) is 3.93. The average molecular weight is 256 g/mol. The molecule has 0 atom stereocenters. The van der Waals surface area contributed by atoms with E-state index < -0.39 is 5.97 Å². The Hall–Kier alpha value is -1.14. The number of rotatable bonds is 6. The molecule has 1 saturated carbocycles. The number of anilines is 1. The monoisotopic (exact) mass is 256 g/mol. The summed E-state index contributed by atoms with van der Waals surface area (Å²) in [6.45, 7) is 3.15. The number of carbonyl (C=O) groups is 1. The minimum Gasteiger partial charge on any atom is -0.477 e. The van der Waals surface area contributed by atoms with Crippen LogP contribution >= 0.6 is 11.3 Å². The summed E-state index contributed by atoms with van der Waals surface area (Å²) in [6.07, 6.45) is 2.31. The highest BCUT2D eigenvalue weighted by molar-refractivity contribution is 7.17. The van der Waals surface area contributed by atoms with E-state index in [1.165, 1.54) is 11.3 Å². The van der Waals surface area contributed by atoms with Crippen molar-refractivity contribution in [1.82, 2.24) is 4.98 Å². The fourth-order valence-electron chi connectivity index (χ4n) is 1.71. The number of hydrogen-bond donors (Lipinski definition) is 1. The molecule has 0 spiro atoms. The molecular formula is C11H16N2O3S. The minimum absolute atomic E-state index is 0.336. The first kappa shape index (κ1) is 12.3. The minimum atomic E-state index is -0.895. The zero-order valence-corrected chi connectivity index (χ0v) is 10.8. The quantitative estimate of drug-likeness (QED) is 0.840. The topological polar surface area (TPSA) is 62.7 Å². The standard InChI is InChI=1S/C11H16N2O3S/c1-7-9(10(14)15)17-11(12-7)13(5-6-16-2)8-3-4-8/h8H,3-6H2,1-2H3,(H,14,15). The maximum atomic E-state index is 11.0. The molecule has 6 heteroatoms. The van der Waals surface area contributed by atoms with Gasteiger partial charge in [-0.15, -0.1) is 0 Å². The van der Waals surface area contributed by atoms with Gasteiger partial charge in [-0.1, -0.05) is 11.3 Å². The highest BCUT2D eigenvalue weighted by Gasteiger charge is 2.31. The van der Waals surface area contributed by atoms with Gasteiger partial charge in [-0.2, -0.15) is 0 Å². The van der Waals surface area contributed by atoms with E-state index in [2.05, 4.69) is 9.88 Å². The fourth-order valence-corrected chi connectivity index (χ4v) is 2.72. The van der Waals surface area contributed by atoms with Crippen LogP contribution in [0.5, 0.6) is 0 Å². The van der Waals surface area contributed by atoms with Gasteiger partial charge < -0.3 is 14.7 Å². The smallest absolute Gasteiger partial charge is 0.347 e. The van der Waals surface area contributed by atoms with Gasteiger partial charge in [-0.25, -0.2) is 9.78 Å². The van der Waals surface area contributed by atoms with Gasteiger partial charge in [0.15, 0.2) is 5.13 Å². The predicted molar refractivity (Wildman–Crippen MR) is 66.1 cm³/mol. The zero-order valence-electron chi connectivity index (χ0n) is 9.97. The van der Waals surface area contributed by atoms with Crippen LogP contribution in [0, 0.1) is 6.92 Å². The van der Waals surface area contributed by atoms with E-state index in [0.29, 0.717) is 23.2 Å². The number of methoxy groups -OCH3 is 1. The maximum Gasteiger partial charge on any atom is 0.347 e. The molecule has 0 unspecified atom stereocenters. The maximum absolute atomic E-state index is 11.0. The molecule has 94 valence electrons. The molecule has 1 aliphatic carbocycles. The van der Waals surface area contributed by atoms with Crippen LogP contribution in [-0.4, -0.2) is 42.4 Å². The molecule has 1 fully saturated rings. The number of hydrogen-bond acceptors (Lipinski definition) is 5. The Morgan fingerprint density at radius 3 is 2.82 bits per heavy atom. The van der Waals surface area contributed by atoms with Crippen molar-refractivity contribution >= 4 is 22.4 Å². The van der Waals surface area contributed by atoms with E-state index in [0.717, 1.165) is 24.5 Å². The molecule has 1 heterocycles. The van der Waals surface area contributed by atoms with Crippen LogP contribution in [0.25, 0.3) is 0 Å². The molecule has 1 aromatic rings. The summed E-state index contributed by atoms with van der Waals surface area (Å²) in [5.41, 5.74) is 0.598. The first-order valence-corrected chi connectivity index (χ1v) is 6.41. The number of aromatic carboxylic acids is 1. The van der Waals surface area contributed by atoms with Gasteiger partial charge in [0.25, 0.3) is 0 Å². The third kappa shape index (κ3) is 2.76. The molecule has 5 nitrogen and oxygen atoms in total. The number of aromatic nitrogens is 1. The number of thiazole rings is 1. The SMILES string of the molecule is COCCN(c1nc(C)c(C(=O)O)s1)C1CC1. The number of carboxylic acid groups (broad SMARTS) is 1. The number of carboxylic acids is 1. The molecule has 0 amide bonds. The largest absolute Gasteiger partial charge is 0.477 e. The van der Waals surface area contributed by atoms with Crippen LogP contribution < -0.4 is 4.90 Å². The van der Waals surface area contributed by atoms with Crippen molar-refractivity contribution < 1.29 is 14.6 Å². The summed E-state index contributed by atoms with van der Waals surface area (Å²) >= 11 is 1.25. The van der Waals surface area contributed by atoms with Gasteiger partial charge >= 0.3 is 5.97 Å². The van der Waals surface area contributed by atoms with E-state index in [4.69, 9.17) is 9.84 Å². The summed E-state index contributed by atoms with van der Waals surface area (Å²) in [6, 6.07) is 0.511. The van der Waals surface area contributed by atoms with E-state index in [-0.39, 0.29) is 0 Å². The Balaban J connectivity index is 2.17. The van der Waals surface area contributed by atoms with Crippen LogP contribution in [-0.2, 0) is 4.74 Å². The van der Waals surface area contributed by atoms with Crippen LogP contribution in [0.15, 0.2) is 0 Å². The van der Waals surface area contributed by atoms with Crippen molar-refractivity contribution in [3.05, 3.63) is 10.6 Å². The molecule has 0 saturated heterocycles. The van der Waals surface area contributed by atoms with E-state index in [1.807, 2.05) is 0 Å². The highest BCUT2D eigenvalue weighted by atomic mass is 32.1. The normalized spacial score (nSPS) is 14.9. The first-order valence-electron chi connectivity index (χ1n) is 5.59. The van der Waals surface area contributed by atoms with Gasteiger partial charge in [0, 0.05) is 19.7 Å². The molecule has 0 bridgehead atoms. The van der Waals surface area contributed by atoms with Gasteiger partial charge in [0.05, 0.1) is 12.3 Å². The number of aryl methyl sites for hydroxylation is 1. The van der Waals surface area contributed by atoms with E-state index in [1.54, 1.807) is 14.0 Å². The highest BCUT2D eigenvalue weighted by Crippen LogP contribution is 2.35. The summed E-state index contributed by atoms with van der Waals surface area (Å²) < 4.78 is 5.08. The second kappa shape index (κ2) is 5.01. The van der Waals surface area contributed by atoms with Crippen LogP contribution in [0.4, 0.5) is 5.13 Å². The van der Waals surface area contributed by atoms with Gasteiger partial charge in [0.1, 0.15) is 4.88 Å². The van der Waals surface area contributed by atoms with Crippen molar-refractivity contribution in [3.63, 3.8) is 0 Å². The predicted octanol–water partition coefficient (Wildman–Crippen LogP) is 1.76. The lowest BCUT2D eigenvalue weighted by molar-refractivity contribution is 0.0701. The molecule has 1 aromatic heterocycles. The molecular weight excluding hydrogens is 240 g/mol. The molecule has 0 aromatic carbocycles. The van der Waals surface area contributed by atoms with Crippen molar-refractivity contribution in [3.8, 4) is 0 Å². The number of nitrogens with zero attached hydrogens (tertiary/aromatic N) is 2. The van der Waals surface area contributed by atoms with Crippen LogP contribution in [0.1, 0.15) is 28.2 Å². The van der Waals surface area contributed by atoms with Crippen molar-refractivity contribution in [2.45, 2.75) is 25.8 Å². The second-order valence-electron chi connectivity index (χ2n) is 4.13. The lowest BCUT2D eigenvalue weighted by Gasteiger charge is -2.20. The van der Waals surface area contributed by atoms with Crippen molar-refractivity contribution in [2.75, 3.05) is 25.2 Å². The van der Waals surface area contributed by atoms with E-state index in [9.17, 15) is 4.79 Å². The van der Waals surface area contributed by atoms with Crippen molar-refractivity contribution in [2.24, 2.45) is 0 Å². The Labute approximate surface area is 104 Å². The molecule has 1 N–H and O–H groups in total. The van der Waals surface area contributed by atoms with Gasteiger partial charge in [-0.3, -0.25) is 0 Å². The van der Waals surface area contributed by atoms with Crippen LogP contribution in [0.3, 0.4) is 0 Å². The zero-order chi connectivity index (χ0) is 12.4. The van der Waals surface area contributed by atoms with Crippen LogP contribution in [0.2, 0.25) is 0 Å². The van der Waals surface area contributed by atoms with Gasteiger partial charge in [-0.05, 0) is 19.8 Å². The second-order valence-corrected chi connectivity index (χ2v) is 5.11. The Bertz CT molecular complexity index is 415. The lowest BCUT2D eigenvalue weighted by atomic mass is 10.4. The fraction of sp³-hybridized carbons (Fsp3) is 0.636. The summed E-state index contributed by atoms with van der Waals surface area (Å²) in [4.78, 5) is 17.8. The Morgan fingerprint density at radius 2 is 2.35 bits per heavy atom. The van der Waals surface area contributed by atoms with Gasteiger partial charge in [0.2, 0.25) is 0 Å². The molecule has 1 aliphatic rings. The molecule has 0 radical (unpaired) electrons. The molecule has 17 heavy (non-hydrogen) atoms. The third-order valence-electron chi connectivity index (χ3n) is 2.75. The lowest BCUT2D eigenvalue weighted by Crippen LogP contribution is -2.29. The van der Waals surface area contributed by atoms with E-state index >= 15 is 0 Å². The summed E-state index contributed by atoms with van der Waals surface area (Å²) in [7, 11) is 1.67. The van der Waals surface area contributed by atoms with Crippen molar-refractivity contribution in [1.29, 1.82) is 0 Å². The average Bonchev–Trinajstić information content (AvgIpc) is 3.02. The molecule has 0 aliphatic heterocycles. The number of ether oxygens (including phenoxy) is 1. The Morgan fingerprint density at radius 1 is 1.65 bits per heavy atom. The summed E-state index contributed by atoms with van der Waals surface area (Å²) in [5.74, 6) is -0.895. The first-order chi connectivity index (χ1) is 8.13. The molecule has 2 rings (SSSR count). The Kier molecular flexibility index (Phi) is 3.63.